The monoisotopic (exact) mass is 424 g/mol. The van der Waals surface area contributed by atoms with Crippen molar-refractivity contribution in [3.8, 4) is 0 Å². The van der Waals surface area contributed by atoms with Crippen molar-refractivity contribution in [2.24, 2.45) is 22.7 Å². The predicted octanol–water partition coefficient (Wildman–Crippen LogP) is 5.74. The van der Waals surface area contributed by atoms with Crippen LogP contribution in [0.25, 0.3) is 0 Å². The normalized spacial score (nSPS) is 24.0. The molecule has 3 unspecified atom stereocenters. The lowest BCUT2D eigenvalue weighted by molar-refractivity contribution is -0.118. The fourth-order valence-electron chi connectivity index (χ4n) is 3.96. The first-order chi connectivity index (χ1) is 14.1. The number of benzene rings is 2. The molecule has 1 amide bonds. The minimum Gasteiger partial charge on any atom is -0.374 e. The fourth-order valence-corrected chi connectivity index (χ4v) is 4.82. The van der Waals surface area contributed by atoms with E-state index < -0.39 is 6.23 Å². The van der Waals surface area contributed by atoms with E-state index in [0.717, 1.165) is 30.0 Å². The number of carbonyl (C=O) groups excluding carboxylic acids is 1. The molecule has 0 saturated heterocycles. The first-order valence-electron chi connectivity index (χ1n) is 10.7. The van der Waals surface area contributed by atoms with Gasteiger partial charge in [-0.2, -0.15) is 0 Å². The molecule has 3 N–H and O–H groups in total. The maximum Gasteiger partial charge on any atom is 0.228 e. The van der Waals surface area contributed by atoms with Crippen LogP contribution in [0.2, 0.25) is 0 Å². The number of hydrogen-bond acceptors (Lipinski definition) is 4. The second kappa shape index (κ2) is 7.93. The van der Waals surface area contributed by atoms with Crippen molar-refractivity contribution >= 4 is 29.0 Å². The Balaban J connectivity index is 1.24. The van der Waals surface area contributed by atoms with Gasteiger partial charge in [0.2, 0.25) is 5.91 Å². The van der Waals surface area contributed by atoms with Gasteiger partial charge < -0.3 is 15.7 Å². The summed E-state index contributed by atoms with van der Waals surface area (Å²) in [6.45, 7) is 8.65. The van der Waals surface area contributed by atoms with Crippen molar-refractivity contribution in [3.63, 3.8) is 0 Å². The van der Waals surface area contributed by atoms with Crippen molar-refractivity contribution in [2.45, 2.75) is 57.4 Å². The summed E-state index contributed by atoms with van der Waals surface area (Å²) < 4.78 is 0. The Labute approximate surface area is 183 Å². The summed E-state index contributed by atoms with van der Waals surface area (Å²) in [6, 6.07) is 16.3. The van der Waals surface area contributed by atoms with Gasteiger partial charge in [0.15, 0.2) is 0 Å². The number of nitrogens with one attached hydrogen (secondary N) is 2. The summed E-state index contributed by atoms with van der Waals surface area (Å²) in [5.41, 5.74) is 3.45. The van der Waals surface area contributed by atoms with Crippen molar-refractivity contribution in [1.82, 2.24) is 0 Å². The lowest BCUT2D eigenvalue weighted by Gasteiger charge is -2.16. The molecule has 4 nitrogen and oxygen atoms in total. The van der Waals surface area contributed by atoms with Gasteiger partial charge in [-0.25, -0.2) is 0 Å². The number of aliphatic hydroxyl groups excluding tert-OH is 1. The van der Waals surface area contributed by atoms with Crippen molar-refractivity contribution < 1.29 is 9.90 Å². The molecule has 4 rings (SSSR count). The highest BCUT2D eigenvalue weighted by atomic mass is 32.2. The van der Waals surface area contributed by atoms with Crippen LogP contribution in [0.4, 0.5) is 11.4 Å². The number of hydrogen-bond donors (Lipinski definition) is 3. The van der Waals surface area contributed by atoms with Crippen LogP contribution in [0.3, 0.4) is 0 Å². The second-order valence-electron chi connectivity index (χ2n) is 10.1. The second-order valence-corrected chi connectivity index (χ2v) is 11.2. The summed E-state index contributed by atoms with van der Waals surface area (Å²) in [6.07, 6.45) is 1.56. The van der Waals surface area contributed by atoms with E-state index in [9.17, 15) is 9.90 Å². The molecule has 2 aliphatic carbocycles. The fraction of sp³-hybridized carbons (Fsp3) is 0.480. The summed E-state index contributed by atoms with van der Waals surface area (Å²) >= 11 is 1.77. The van der Waals surface area contributed by atoms with Gasteiger partial charge in [-0.1, -0.05) is 39.8 Å². The van der Waals surface area contributed by atoms with E-state index in [1.807, 2.05) is 24.3 Å². The zero-order chi connectivity index (χ0) is 21.5. The lowest BCUT2D eigenvalue weighted by Crippen LogP contribution is -2.23. The van der Waals surface area contributed by atoms with E-state index >= 15 is 0 Å². The molecule has 5 heteroatoms. The molecule has 2 saturated carbocycles. The predicted molar refractivity (Wildman–Crippen MR) is 124 cm³/mol. The van der Waals surface area contributed by atoms with E-state index in [1.165, 1.54) is 10.5 Å². The molecule has 2 aliphatic rings. The van der Waals surface area contributed by atoms with Gasteiger partial charge in [-0.05, 0) is 65.6 Å². The minimum atomic E-state index is -0.481. The largest absolute Gasteiger partial charge is 0.374 e. The summed E-state index contributed by atoms with van der Waals surface area (Å²) in [7, 11) is 0. The van der Waals surface area contributed by atoms with E-state index in [-0.39, 0.29) is 22.7 Å². The molecule has 0 radical (unpaired) electrons. The quantitative estimate of drug-likeness (QED) is 0.373. The van der Waals surface area contributed by atoms with E-state index in [2.05, 4.69) is 62.6 Å². The highest BCUT2D eigenvalue weighted by Gasteiger charge is 2.51. The van der Waals surface area contributed by atoms with Crippen LogP contribution in [0.1, 0.15) is 46.1 Å². The van der Waals surface area contributed by atoms with Crippen LogP contribution >= 0.6 is 11.8 Å². The van der Waals surface area contributed by atoms with Gasteiger partial charge in [0, 0.05) is 33.9 Å². The van der Waals surface area contributed by atoms with Crippen LogP contribution in [-0.2, 0) is 10.5 Å². The number of amides is 1. The van der Waals surface area contributed by atoms with Crippen LogP contribution < -0.4 is 10.6 Å². The summed E-state index contributed by atoms with van der Waals surface area (Å²) in [5, 5.41) is 16.5. The average molecular weight is 425 g/mol. The Morgan fingerprint density at radius 2 is 1.57 bits per heavy atom. The molecule has 0 heterocycles. The molecule has 0 bridgehead atoms. The van der Waals surface area contributed by atoms with Crippen LogP contribution in [0.5, 0.6) is 0 Å². The molecule has 30 heavy (non-hydrogen) atoms. The number of carbonyl (C=O) groups is 1. The molecule has 2 aromatic carbocycles. The van der Waals surface area contributed by atoms with E-state index in [1.54, 1.807) is 11.8 Å². The van der Waals surface area contributed by atoms with Crippen molar-refractivity contribution in [1.29, 1.82) is 0 Å². The Morgan fingerprint density at radius 1 is 1.00 bits per heavy atom. The highest BCUT2D eigenvalue weighted by Crippen LogP contribution is 2.53. The number of aliphatic hydroxyl groups is 1. The number of rotatable bonds is 8. The maximum atomic E-state index is 12.2. The van der Waals surface area contributed by atoms with Gasteiger partial charge in [-0.15, -0.1) is 11.8 Å². The third-order valence-corrected chi connectivity index (χ3v) is 7.68. The Kier molecular flexibility index (Phi) is 5.62. The molecule has 0 aromatic heterocycles. The third kappa shape index (κ3) is 5.01. The third-order valence-electron chi connectivity index (χ3n) is 6.60. The lowest BCUT2D eigenvalue weighted by atomic mass is 10.1. The zero-order valence-electron chi connectivity index (χ0n) is 18.2. The van der Waals surface area contributed by atoms with Crippen molar-refractivity contribution in [3.05, 3.63) is 54.1 Å². The summed E-state index contributed by atoms with van der Waals surface area (Å²) in [5.74, 6) is 1.47. The number of anilines is 2. The van der Waals surface area contributed by atoms with Gasteiger partial charge in [0.05, 0.1) is 0 Å². The van der Waals surface area contributed by atoms with E-state index in [4.69, 9.17) is 0 Å². The Bertz CT molecular complexity index is 906. The summed E-state index contributed by atoms with van der Waals surface area (Å²) in [4.78, 5) is 13.4. The molecule has 3 atom stereocenters. The molecule has 0 aliphatic heterocycles. The highest BCUT2D eigenvalue weighted by molar-refractivity contribution is 7.98. The molecular weight excluding hydrogens is 392 g/mol. The van der Waals surface area contributed by atoms with Gasteiger partial charge in [0.25, 0.3) is 0 Å². The SMILES string of the molecule is CC1(C)CC1C(=O)Nc1ccc(SCc2ccc(NC(O)C3CC3(C)C)cc2)cc1. The van der Waals surface area contributed by atoms with Crippen LogP contribution in [0, 0.1) is 22.7 Å². The number of thioether (sulfide) groups is 1. The van der Waals surface area contributed by atoms with E-state index in [0.29, 0.717) is 5.92 Å². The first-order valence-corrected chi connectivity index (χ1v) is 11.7. The average Bonchev–Trinajstić information content (AvgIpc) is 3.55. The molecule has 2 fully saturated rings. The molecule has 0 spiro atoms. The van der Waals surface area contributed by atoms with Crippen molar-refractivity contribution in [2.75, 3.05) is 10.6 Å². The maximum absolute atomic E-state index is 12.2. The van der Waals surface area contributed by atoms with Crippen LogP contribution in [-0.4, -0.2) is 17.2 Å². The standard InChI is InChI=1S/C25H32N2O2S/c1-24(2)13-20(24)22(28)26-17-7-5-16(6-8-17)15-30-19-11-9-18(10-12-19)27-23(29)21-14-25(21,3)4/h5-12,20-22,26,28H,13-15H2,1-4H3,(H,27,29). The smallest absolute Gasteiger partial charge is 0.228 e. The van der Waals surface area contributed by atoms with Gasteiger partial charge in [0.1, 0.15) is 6.23 Å². The topological polar surface area (TPSA) is 61.4 Å². The van der Waals surface area contributed by atoms with Gasteiger partial charge in [-0.3, -0.25) is 4.79 Å². The molecular formula is C25H32N2O2S. The Hall–Kier alpha value is -1.98. The minimum absolute atomic E-state index is 0.129. The Morgan fingerprint density at radius 3 is 2.10 bits per heavy atom. The zero-order valence-corrected chi connectivity index (χ0v) is 19.1. The van der Waals surface area contributed by atoms with Gasteiger partial charge >= 0.3 is 0 Å². The molecule has 2 aromatic rings. The van der Waals surface area contributed by atoms with Crippen LogP contribution in [0.15, 0.2) is 53.4 Å². The molecule has 160 valence electrons. The first kappa shape index (κ1) is 21.3.